The van der Waals surface area contributed by atoms with Gasteiger partial charge in [0.1, 0.15) is 0 Å². The summed E-state index contributed by atoms with van der Waals surface area (Å²) in [5, 5.41) is 7.75. The minimum Gasteiger partial charge on any atom is -0.464 e. The lowest BCUT2D eigenvalue weighted by Crippen LogP contribution is -2.30. The predicted molar refractivity (Wildman–Crippen MR) is 60.3 cm³/mol. The molecule has 0 aliphatic heterocycles. The van der Waals surface area contributed by atoms with Crippen molar-refractivity contribution in [3.05, 3.63) is 17.8 Å². The molecule has 0 atom stereocenters. The second-order valence-corrected chi connectivity index (χ2v) is 3.14. The van der Waals surface area contributed by atoms with Crippen molar-refractivity contribution < 1.29 is 9.53 Å². The Labute approximate surface area is 94.4 Å². The number of likely N-dealkylation sites (N-methyl/N-ethyl adjacent to an activating group) is 1. The van der Waals surface area contributed by atoms with Gasteiger partial charge in [0.25, 0.3) is 0 Å². The summed E-state index contributed by atoms with van der Waals surface area (Å²) in [6.45, 7) is 4.06. The number of ether oxygens (including phenoxy) is 1. The molecule has 6 nitrogen and oxygen atoms in total. The maximum atomic E-state index is 11.1. The van der Waals surface area contributed by atoms with Crippen molar-refractivity contribution in [2.75, 3.05) is 31.6 Å². The summed E-state index contributed by atoms with van der Waals surface area (Å²) in [7, 11) is 1.31. The molecule has 0 spiro atoms. The molecule has 6 heteroatoms. The molecule has 0 amide bonds. The van der Waals surface area contributed by atoms with Crippen molar-refractivity contribution >= 4 is 11.8 Å². The molecule has 0 unspecified atom stereocenters. The van der Waals surface area contributed by atoms with E-state index >= 15 is 0 Å². The van der Waals surface area contributed by atoms with Gasteiger partial charge in [-0.2, -0.15) is 0 Å². The molecule has 1 heterocycles. The summed E-state index contributed by atoms with van der Waals surface area (Å²) < 4.78 is 4.54. The number of methoxy groups -OCH3 is 1. The Hall–Kier alpha value is -1.69. The molecule has 0 radical (unpaired) electrons. The average molecular weight is 224 g/mol. The molecule has 0 bridgehead atoms. The first kappa shape index (κ1) is 12.4. The van der Waals surface area contributed by atoms with Gasteiger partial charge in [0.2, 0.25) is 0 Å². The van der Waals surface area contributed by atoms with Crippen LogP contribution < -0.4 is 10.6 Å². The Bertz CT molecular complexity index is 339. The number of nitrogens with two attached hydrogens (primary N) is 1. The maximum absolute atomic E-state index is 11.1. The number of rotatable bonds is 5. The Kier molecular flexibility index (Phi) is 4.65. The van der Waals surface area contributed by atoms with Crippen molar-refractivity contribution in [2.24, 2.45) is 5.73 Å². The first-order valence-corrected chi connectivity index (χ1v) is 5.10. The van der Waals surface area contributed by atoms with Crippen LogP contribution in [0.1, 0.15) is 17.4 Å². The van der Waals surface area contributed by atoms with Crippen LogP contribution in [0.5, 0.6) is 0 Å². The Morgan fingerprint density at radius 1 is 1.50 bits per heavy atom. The number of carbonyl (C=O) groups excluding carboxylic acids is 1. The molecule has 16 heavy (non-hydrogen) atoms. The molecule has 0 saturated heterocycles. The summed E-state index contributed by atoms with van der Waals surface area (Å²) >= 11 is 0. The predicted octanol–water partition coefficient (Wildman–Crippen LogP) is 0.0482. The van der Waals surface area contributed by atoms with Gasteiger partial charge in [0.05, 0.1) is 7.11 Å². The zero-order chi connectivity index (χ0) is 12.0. The van der Waals surface area contributed by atoms with Crippen molar-refractivity contribution in [3.63, 3.8) is 0 Å². The zero-order valence-corrected chi connectivity index (χ0v) is 9.51. The summed E-state index contributed by atoms with van der Waals surface area (Å²) in [4.78, 5) is 13.1. The molecule has 0 fully saturated rings. The van der Waals surface area contributed by atoms with E-state index in [1.807, 2.05) is 11.8 Å². The fourth-order valence-corrected chi connectivity index (χ4v) is 1.30. The number of esters is 1. The Balaban J connectivity index is 2.80. The lowest BCUT2D eigenvalue weighted by Gasteiger charge is -2.20. The van der Waals surface area contributed by atoms with E-state index < -0.39 is 5.97 Å². The second-order valence-electron chi connectivity index (χ2n) is 3.14. The largest absolute Gasteiger partial charge is 0.464 e. The molecule has 1 aromatic heterocycles. The van der Waals surface area contributed by atoms with E-state index in [4.69, 9.17) is 5.73 Å². The summed E-state index contributed by atoms with van der Waals surface area (Å²) in [6.07, 6.45) is 0. The van der Waals surface area contributed by atoms with E-state index in [1.165, 1.54) is 7.11 Å². The third kappa shape index (κ3) is 2.90. The highest BCUT2D eigenvalue weighted by Gasteiger charge is 2.10. The molecule has 88 valence electrons. The highest BCUT2D eigenvalue weighted by molar-refractivity contribution is 5.86. The van der Waals surface area contributed by atoms with Crippen LogP contribution in [0.2, 0.25) is 0 Å². The number of aromatic nitrogens is 2. The van der Waals surface area contributed by atoms with Gasteiger partial charge in [-0.25, -0.2) is 4.79 Å². The van der Waals surface area contributed by atoms with Gasteiger partial charge < -0.3 is 15.4 Å². The fraction of sp³-hybridized carbons (Fsp3) is 0.500. The summed E-state index contributed by atoms with van der Waals surface area (Å²) in [5.74, 6) is 0.224. The minimum absolute atomic E-state index is 0.204. The van der Waals surface area contributed by atoms with Gasteiger partial charge >= 0.3 is 5.97 Å². The average Bonchev–Trinajstić information content (AvgIpc) is 2.35. The monoisotopic (exact) mass is 224 g/mol. The molecular weight excluding hydrogens is 208 g/mol. The topological polar surface area (TPSA) is 81.3 Å². The van der Waals surface area contributed by atoms with Crippen molar-refractivity contribution in [3.8, 4) is 0 Å². The molecular formula is C10H16N4O2. The Morgan fingerprint density at radius 3 is 2.69 bits per heavy atom. The van der Waals surface area contributed by atoms with Crippen LogP contribution in [0.4, 0.5) is 5.82 Å². The number of carbonyl (C=O) groups is 1. The summed E-state index contributed by atoms with van der Waals surface area (Å²) in [5.41, 5.74) is 5.68. The van der Waals surface area contributed by atoms with E-state index in [1.54, 1.807) is 12.1 Å². The van der Waals surface area contributed by atoms with Gasteiger partial charge in [0, 0.05) is 19.6 Å². The van der Waals surface area contributed by atoms with Gasteiger partial charge in [-0.05, 0) is 19.1 Å². The number of hydrogen-bond donors (Lipinski definition) is 1. The SMILES string of the molecule is CCN(CCN)c1ccc(C(=O)OC)nn1. The van der Waals surface area contributed by atoms with Crippen LogP contribution in [0.15, 0.2) is 12.1 Å². The number of anilines is 1. The first-order valence-electron chi connectivity index (χ1n) is 5.10. The van der Waals surface area contributed by atoms with Crippen molar-refractivity contribution in [1.82, 2.24) is 10.2 Å². The van der Waals surface area contributed by atoms with E-state index in [2.05, 4.69) is 14.9 Å². The van der Waals surface area contributed by atoms with Gasteiger partial charge in [-0.15, -0.1) is 10.2 Å². The minimum atomic E-state index is -0.485. The summed E-state index contributed by atoms with van der Waals surface area (Å²) in [6, 6.07) is 3.33. The van der Waals surface area contributed by atoms with Gasteiger partial charge in [0.15, 0.2) is 11.5 Å². The van der Waals surface area contributed by atoms with E-state index in [0.29, 0.717) is 18.9 Å². The van der Waals surface area contributed by atoms with Crippen LogP contribution in [0.3, 0.4) is 0 Å². The van der Waals surface area contributed by atoms with E-state index in [-0.39, 0.29) is 5.69 Å². The lowest BCUT2D eigenvalue weighted by molar-refractivity contribution is 0.0592. The van der Waals surface area contributed by atoms with Crippen LogP contribution in [0, 0.1) is 0 Å². The molecule has 1 rings (SSSR count). The van der Waals surface area contributed by atoms with Gasteiger partial charge in [-0.1, -0.05) is 0 Å². The third-order valence-electron chi connectivity index (χ3n) is 2.15. The van der Waals surface area contributed by atoms with E-state index in [9.17, 15) is 4.79 Å². The number of hydrogen-bond acceptors (Lipinski definition) is 6. The van der Waals surface area contributed by atoms with Crippen LogP contribution in [0.25, 0.3) is 0 Å². The lowest BCUT2D eigenvalue weighted by atomic mass is 10.3. The highest BCUT2D eigenvalue weighted by Crippen LogP contribution is 2.08. The molecule has 1 aromatic rings. The first-order chi connectivity index (χ1) is 7.72. The normalized spacial score (nSPS) is 9.94. The zero-order valence-electron chi connectivity index (χ0n) is 9.51. The molecule has 0 saturated carbocycles. The third-order valence-corrected chi connectivity index (χ3v) is 2.15. The van der Waals surface area contributed by atoms with Crippen LogP contribution in [-0.2, 0) is 4.74 Å². The maximum Gasteiger partial charge on any atom is 0.358 e. The van der Waals surface area contributed by atoms with Crippen molar-refractivity contribution in [1.29, 1.82) is 0 Å². The standard InChI is InChI=1S/C10H16N4O2/c1-3-14(7-6-11)9-5-4-8(12-13-9)10(15)16-2/h4-5H,3,6-7,11H2,1-2H3. The van der Waals surface area contributed by atoms with Gasteiger partial charge in [-0.3, -0.25) is 0 Å². The number of nitrogens with zero attached hydrogens (tertiary/aromatic N) is 3. The van der Waals surface area contributed by atoms with Crippen LogP contribution >= 0.6 is 0 Å². The fourth-order valence-electron chi connectivity index (χ4n) is 1.30. The highest BCUT2D eigenvalue weighted by atomic mass is 16.5. The van der Waals surface area contributed by atoms with Crippen molar-refractivity contribution in [2.45, 2.75) is 6.92 Å². The molecule has 0 aliphatic carbocycles. The molecule has 2 N–H and O–H groups in total. The quantitative estimate of drug-likeness (QED) is 0.712. The molecule has 0 aromatic carbocycles. The Morgan fingerprint density at radius 2 is 2.25 bits per heavy atom. The second kappa shape index (κ2) is 6.02. The molecule has 0 aliphatic rings. The smallest absolute Gasteiger partial charge is 0.358 e. The van der Waals surface area contributed by atoms with Crippen LogP contribution in [-0.4, -0.2) is 42.9 Å². The van der Waals surface area contributed by atoms with E-state index in [0.717, 1.165) is 6.54 Å².